The molecular formula is C16H19N5O2. The summed E-state index contributed by atoms with van der Waals surface area (Å²) in [6.07, 6.45) is 1.77. The Morgan fingerprint density at radius 2 is 2.17 bits per heavy atom. The molecule has 120 valence electrons. The lowest BCUT2D eigenvalue weighted by molar-refractivity contribution is -0.0345. The molecule has 2 aliphatic heterocycles. The molecule has 1 saturated heterocycles. The topological polar surface area (TPSA) is 72.3 Å². The molecule has 1 aromatic carbocycles. The average molecular weight is 313 g/mol. The molecule has 0 saturated carbocycles. The maximum atomic E-state index is 12.9. The summed E-state index contributed by atoms with van der Waals surface area (Å²) in [7, 11) is 0. The van der Waals surface area contributed by atoms with Crippen molar-refractivity contribution in [1.29, 1.82) is 0 Å². The van der Waals surface area contributed by atoms with E-state index in [4.69, 9.17) is 4.74 Å². The second kappa shape index (κ2) is 6.00. The number of rotatable bonds is 2. The van der Waals surface area contributed by atoms with Gasteiger partial charge in [-0.05, 0) is 18.4 Å². The monoisotopic (exact) mass is 313 g/mol. The standard InChI is InChI=1S/C16H19N5O2/c22-15(14-18-16-17-8-4-9-21(16)19-14)20-11-23-10-7-13(20)12-5-2-1-3-6-12/h1-3,5-6,13H,4,7-11H2,(H,17,18,19). The predicted molar refractivity (Wildman–Crippen MR) is 83.9 cm³/mol. The van der Waals surface area contributed by atoms with Crippen molar-refractivity contribution >= 4 is 11.9 Å². The minimum atomic E-state index is -0.178. The van der Waals surface area contributed by atoms with Crippen molar-refractivity contribution in [3.63, 3.8) is 0 Å². The van der Waals surface area contributed by atoms with Crippen LogP contribution in [-0.2, 0) is 11.3 Å². The fourth-order valence-electron chi connectivity index (χ4n) is 3.10. The number of nitrogens with zero attached hydrogens (tertiary/aromatic N) is 4. The first-order valence-corrected chi connectivity index (χ1v) is 7.95. The highest BCUT2D eigenvalue weighted by Crippen LogP contribution is 2.28. The first-order chi connectivity index (χ1) is 11.3. The number of nitrogens with one attached hydrogen (secondary N) is 1. The number of fused-ring (bicyclic) bond motifs is 1. The predicted octanol–water partition coefficient (Wildman–Crippen LogP) is 1.65. The lowest BCUT2D eigenvalue weighted by atomic mass is 10.0. The second-order valence-corrected chi connectivity index (χ2v) is 5.79. The Labute approximate surface area is 134 Å². The van der Waals surface area contributed by atoms with Crippen LogP contribution in [0.3, 0.4) is 0 Å². The van der Waals surface area contributed by atoms with Crippen molar-refractivity contribution in [3.8, 4) is 0 Å². The van der Waals surface area contributed by atoms with E-state index in [2.05, 4.69) is 15.4 Å². The van der Waals surface area contributed by atoms with Crippen LogP contribution in [0.15, 0.2) is 30.3 Å². The Morgan fingerprint density at radius 3 is 3.00 bits per heavy atom. The van der Waals surface area contributed by atoms with Crippen molar-refractivity contribution in [2.75, 3.05) is 25.2 Å². The summed E-state index contributed by atoms with van der Waals surface area (Å²) in [5.41, 5.74) is 1.12. The zero-order valence-electron chi connectivity index (χ0n) is 12.8. The van der Waals surface area contributed by atoms with Crippen molar-refractivity contribution in [3.05, 3.63) is 41.7 Å². The number of aryl methyl sites for hydroxylation is 1. The van der Waals surface area contributed by atoms with Gasteiger partial charge in [0.05, 0.1) is 12.6 Å². The molecule has 1 amide bonds. The van der Waals surface area contributed by atoms with Crippen LogP contribution in [0.4, 0.5) is 5.95 Å². The molecular weight excluding hydrogens is 294 g/mol. The van der Waals surface area contributed by atoms with Crippen LogP contribution >= 0.6 is 0 Å². The van der Waals surface area contributed by atoms with Crippen LogP contribution in [0, 0.1) is 0 Å². The third-order valence-corrected chi connectivity index (χ3v) is 4.28. The van der Waals surface area contributed by atoms with E-state index < -0.39 is 0 Å². The SMILES string of the molecule is O=C(c1nc2n(n1)CCCN2)N1COCCC1c1ccccc1. The van der Waals surface area contributed by atoms with Gasteiger partial charge < -0.3 is 15.0 Å². The molecule has 0 bridgehead atoms. The summed E-state index contributed by atoms with van der Waals surface area (Å²) in [5.74, 6) is 0.733. The number of benzene rings is 1. The van der Waals surface area contributed by atoms with Gasteiger partial charge in [-0.1, -0.05) is 30.3 Å². The van der Waals surface area contributed by atoms with E-state index in [1.54, 1.807) is 9.58 Å². The number of amides is 1. The Balaban J connectivity index is 1.61. The lowest BCUT2D eigenvalue weighted by Crippen LogP contribution is -2.41. The van der Waals surface area contributed by atoms with E-state index in [0.717, 1.165) is 31.5 Å². The Kier molecular flexibility index (Phi) is 3.70. The molecule has 0 radical (unpaired) electrons. The van der Waals surface area contributed by atoms with Gasteiger partial charge in [-0.2, -0.15) is 4.98 Å². The first-order valence-electron chi connectivity index (χ1n) is 7.95. The fraction of sp³-hybridized carbons (Fsp3) is 0.438. The van der Waals surface area contributed by atoms with Gasteiger partial charge in [0.1, 0.15) is 6.73 Å². The van der Waals surface area contributed by atoms with E-state index in [9.17, 15) is 4.79 Å². The van der Waals surface area contributed by atoms with Crippen molar-refractivity contribution < 1.29 is 9.53 Å². The normalized spacial score (nSPS) is 20.7. The van der Waals surface area contributed by atoms with Gasteiger partial charge in [0.2, 0.25) is 11.8 Å². The summed E-state index contributed by atoms with van der Waals surface area (Å²) in [6, 6.07) is 10.1. The molecule has 1 fully saturated rings. The van der Waals surface area contributed by atoms with Gasteiger partial charge in [-0.15, -0.1) is 5.10 Å². The zero-order chi connectivity index (χ0) is 15.6. The Bertz CT molecular complexity index is 676. The first kappa shape index (κ1) is 14.2. The third kappa shape index (κ3) is 2.68. The highest BCUT2D eigenvalue weighted by atomic mass is 16.5. The number of hydrogen-bond donors (Lipinski definition) is 1. The molecule has 1 aromatic heterocycles. The van der Waals surface area contributed by atoms with Gasteiger partial charge in [0, 0.05) is 13.1 Å². The summed E-state index contributed by atoms with van der Waals surface area (Å²) in [6.45, 7) is 2.58. The van der Waals surface area contributed by atoms with Crippen molar-refractivity contribution in [2.45, 2.75) is 25.4 Å². The molecule has 0 spiro atoms. The zero-order valence-corrected chi connectivity index (χ0v) is 12.8. The summed E-state index contributed by atoms with van der Waals surface area (Å²) in [5, 5.41) is 7.52. The van der Waals surface area contributed by atoms with Crippen LogP contribution in [0.25, 0.3) is 0 Å². The Hall–Kier alpha value is -2.41. The van der Waals surface area contributed by atoms with Crippen LogP contribution in [0.2, 0.25) is 0 Å². The molecule has 7 nitrogen and oxygen atoms in total. The molecule has 4 rings (SSSR count). The van der Waals surface area contributed by atoms with Crippen molar-refractivity contribution in [2.24, 2.45) is 0 Å². The molecule has 1 atom stereocenters. The number of carbonyl (C=O) groups excluding carboxylic acids is 1. The van der Waals surface area contributed by atoms with E-state index >= 15 is 0 Å². The average Bonchev–Trinajstić information content (AvgIpc) is 3.06. The van der Waals surface area contributed by atoms with E-state index in [-0.39, 0.29) is 24.5 Å². The van der Waals surface area contributed by atoms with Crippen LogP contribution in [-0.4, -0.2) is 45.5 Å². The highest BCUT2D eigenvalue weighted by molar-refractivity contribution is 5.91. The minimum absolute atomic E-state index is 0.00550. The quantitative estimate of drug-likeness (QED) is 0.913. The number of carbonyl (C=O) groups is 1. The molecule has 1 unspecified atom stereocenters. The molecule has 1 N–H and O–H groups in total. The van der Waals surface area contributed by atoms with Gasteiger partial charge in [0.15, 0.2) is 0 Å². The van der Waals surface area contributed by atoms with E-state index in [0.29, 0.717) is 12.6 Å². The molecule has 23 heavy (non-hydrogen) atoms. The maximum Gasteiger partial charge on any atom is 0.295 e. The van der Waals surface area contributed by atoms with E-state index in [1.165, 1.54) is 0 Å². The third-order valence-electron chi connectivity index (χ3n) is 4.28. The van der Waals surface area contributed by atoms with Gasteiger partial charge in [0.25, 0.3) is 5.91 Å². The number of aromatic nitrogens is 3. The summed E-state index contributed by atoms with van der Waals surface area (Å²) < 4.78 is 7.27. The molecule has 3 heterocycles. The smallest absolute Gasteiger partial charge is 0.295 e. The second-order valence-electron chi connectivity index (χ2n) is 5.79. The van der Waals surface area contributed by atoms with Crippen molar-refractivity contribution in [1.82, 2.24) is 19.7 Å². The minimum Gasteiger partial charge on any atom is -0.361 e. The van der Waals surface area contributed by atoms with E-state index in [1.807, 2.05) is 30.3 Å². The lowest BCUT2D eigenvalue weighted by Gasteiger charge is -2.35. The highest BCUT2D eigenvalue weighted by Gasteiger charge is 2.32. The number of ether oxygens (including phenoxy) is 1. The van der Waals surface area contributed by atoms with Crippen LogP contribution < -0.4 is 5.32 Å². The van der Waals surface area contributed by atoms with Gasteiger partial charge in [-0.25, -0.2) is 4.68 Å². The molecule has 0 aliphatic carbocycles. The number of anilines is 1. The number of hydrogen-bond acceptors (Lipinski definition) is 5. The summed E-state index contributed by atoms with van der Waals surface area (Å²) in [4.78, 5) is 19.0. The summed E-state index contributed by atoms with van der Waals surface area (Å²) >= 11 is 0. The van der Waals surface area contributed by atoms with Gasteiger partial charge in [-0.3, -0.25) is 4.79 Å². The van der Waals surface area contributed by atoms with Gasteiger partial charge >= 0.3 is 0 Å². The Morgan fingerprint density at radius 1 is 1.30 bits per heavy atom. The van der Waals surface area contributed by atoms with Crippen LogP contribution in [0.1, 0.15) is 35.1 Å². The molecule has 7 heteroatoms. The molecule has 2 aromatic rings. The fourth-order valence-corrected chi connectivity index (χ4v) is 3.10. The maximum absolute atomic E-state index is 12.9. The van der Waals surface area contributed by atoms with Crippen LogP contribution in [0.5, 0.6) is 0 Å². The molecule has 2 aliphatic rings. The largest absolute Gasteiger partial charge is 0.361 e.